The Balaban J connectivity index is 1.33. The van der Waals surface area contributed by atoms with E-state index in [0.29, 0.717) is 5.47 Å². The van der Waals surface area contributed by atoms with Gasteiger partial charge in [-0.1, -0.05) is 54.6 Å². The molecule has 2 aliphatic rings. The van der Waals surface area contributed by atoms with Gasteiger partial charge in [-0.15, -0.1) is 0 Å². The van der Waals surface area contributed by atoms with Gasteiger partial charge in [-0.3, -0.25) is 0 Å². The van der Waals surface area contributed by atoms with Gasteiger partial charge in [-0.2, -0.15) is 0 Å². The van der Waals surface area contributed by atoms with Crippen LogP contribution in [0.3, 0.4) is 0 Å². The van der Waals surface area contributed by atoms with Gasteiger partial charge >= 0.3 is 13.2 Å². The van der Waals surface area contributed by atoms with Gasteiger partial charge in [0.15, 0.2) is 11.6 Å². The zero-order valence-corrected chi connectivity index (χ0v) is 22.4. The van der Waals surface area contributed by atoms with Crippen molar-refractivity contribution in [3.63, 3.8) is 0 Å². The Morgan fingerprint density at radius 3 is 2.10 bits per heavy atom. The van der Waals surface area contributed by atoms with Gasteiger partial charge in [0.2, 0.25) is 0 Å². The smallest absolute Gasteiger partial charge is 0.449 e. The topological polar surface area (TPSA) is 82.8 Å². The standard InChI is InChI=1S/C30H31BF2N2O4/c1-29(2)30(3,4)39-31(38-29)19(13-18-14-25(32)26(33)15-27(18)34)16-35-28(36)37-17-24-22-11-7-5-9-20(22)21-10-6-8-12-23(21)24/h5-15,24H,16-17,34H2,1-4H3,(H,35,36). The number of nitrogens with one attached hydrogen (secondary N) is 1. The lowest BCUT2D eigenvalue weighted by Crippen LogP contribution is -2.41. The number of carbonyl (C=O) groups is 1. The Hall–Kier alpha value is -3.69. The summed E-state index contributed by atoms with van der Waals surface area (Å²) >= 11 is 0. The van der Waals surface area contributed by atoms with Crippen molar-refractivity contribution in [3.8, 4) is 11.1 Å². The number of alkyl carbamates (subject to hydrolysis) is 1. The Kier molecular flexibility index (Phi) is 6.99. The molecule has 1 aliphatic heterocycles. The van der Waals surface area contributed by atoms with Gasteiger partial charge in [0.25, 0.3) is 0 Å². The predicted molar refractivity (Wildman–Crippen MR) is 148 cm³/mol. The second-order valence-electron chi connectivity index (χ2n) is 10.9. The van der Waals surface area contributed by atoms with E-state index in [1.165, 1.54) is 0 Å². The van der Waals surface area contributed by atoms with Crippen LogP contribution in [0.5, 0.6) is 0 Å². The van der Waals surface area contributed by atoms with E-state index in [1.807, 2.05) is 64.1 Å². The Bertz CT molecular complexity index is 1400. The molecule has 39 heavy (non-hydrogen) atoms. The maximum absolute atomic E-state index is 14.0. The predicted octanol–water partition coefficient (Wildman–Crippen LogP) is 6.10. The van der Waals surface area contributed by atoms with Crippen LogP contribution in [0.25, 0.3) is 17.2 Å². The average Bonchev–Trinajstić information content (AvgIpc) is 3.32. The molecule has 6 nitrogen and oxygen atoms in total. The first-order valence-corrected chi connectivity index (χ1v) is 12.9. The van der Waals surface area contributed by atoms with E-state index in [-0.39, 0.29) is 30.3 Å². The molecule has 0 radical (unpaired) electrons. The molecular formula is C30H31BF2N2O4. The SMILES string of the molecule is CC1(C)OB(C(=Cc2cc(F)c(F)cc2N)CNC(=O)OCC2c3ccccc3-c3ccccc32)OC1(C)C. The molecule has 9 heteroatoms. The first-order valence-electron chi connectivity index (χ1n) is 12.9. The number of rotatable bonds is 6. The van der Waals surface area contributed by atoms with Crippen molar-refractivity contribution in [1.82, 2.24) is 5.32 Å². The average molecular weight is 532 g/mol. The number of hydrogen-bond acceptors (Lipinski definition) is 5. The third kappa shape index (κ3) is 5.16. The fourth-order valence-corrected chi connectivity index (χ4v) is 4.92. The molecule has 0 spiro atoms. The van der Waals surface area contributed by atoms with Crippen molar-refractivity contribution >= 4 is 25.0 Å². The number of anilines is 1. The van der Waals surface area contributed by atoms with Crippen molar-refractivity contribution in [2.45, 2.75) is 44.8 Å². The van der Waals surface area contributed by atoms with E-state index in [1.54, 1.807) is 6.08 Å². The molecule has 1 fully saturated rings. The number of amides is 1. The summed E-state index contributed by atoms with van der Waals surface area (Å²) in [6.45, 7) is 7.73. The molecule has 3 aromatic carbocycles. The van der Waals surface area contributed by atoms with Crippen LogP contribution in [-0.4, -0.2) is 37.6 Å². The summed E-state index contributed by atoms with van der Waals surface area (Å²) in [4.78, 5) is 12.8. The van der Waals surface area contributed by atoms with Gasteiger partial charge in [0.1, 0.15) is 6.61 Å². The highest BCUT2D eigenvalue weighted by Crippen LogP contribution is 2.44. The molecule has 5 rings (SSSR count). The maximum Gasteiger partial charge on any atom is 0.492 e. The Morgan fingerprint density at radius 1 is 0.974 bits per heavy atom. The number of halogens is 2. The molecule has 1 amide bonds. The van der Waals surface area contributed by atoms with E-state index in [0.717, 1.165) is 34.4 Å². The zero-order valence-electron chi connectivity index (χ0n) is 22.4. The molecule has 202 valence electrons. The van der Waals surface area contributed by atoms with Crippen LogP contribution in [0.1, 0.15) is 50.3 Å². The molecule has 1 aliphatic carbocycles. The lowest BCUT2D eigenvalue weighted by Gasteiger charge is -2.32. The van der Waals surface area contributed by atoms with Crippen molar-refractivity contribution < 1.29 is 27.6 Å². The van der Waals surface area contributed by atoms with Crippen LogP contribution in [-0.2, 0) is 14.0 Å². The molecule has 3 N–H and O–H groups in total. The van der Waals surface area contributed by atoms with Gasteiger partial charge in [0.05, 0.1) is 11.2 Å². The monoisotopic (exact) mass is 532 g/mol. The van der Waals surface area contributed by atoms with Crippen LogP contribution < -0.4 is 11.1 Å². The summed E-state index contributed by atoms with van der Waals surface area (Å²) in [6.07, 6.45) is 0.918. The van der Waals surface area contributed by atoms with Crippen LogP contribution in [0.4, 0.5) is 19.3 Å². The highest BCUT2D eigenvalue weighted by Gasteiger charge is 2.52. The maximum atomic E-state index is 14.0. The molecule has 0 saturated carbocycles. The lowest BCUT2D eigenvalue weighted by molar-refractivity contribution is 0.00578. The fourth-order valence-electron chi connectivity index (χ4n) is 4.92. The summed E-state index contributed by atoms with van der Waals surface area (Å²) in [5.74, 6) is -2.16. The highest BCUT2D eigenvalue weighted by molar-refractivity contribution is 6.56. The molecule has 3 aromatic rings. The van der Waals surface area contributed by atoms with Gasteiger partial charge in [-0.05, 0) is 67.1 Å². The molecule has 0 bridgehead atoms. The largest absolute Gasteiger partial charge is 0.492 e. The van der Waals surface area contributed by atoms with E-state index in [9.17, 15) is 13.6 Å². The van der Waals surface area contributed by atoms with Crippen LogP contribution in [0.15, 0.2) is 66.1 Å². The molecule has 0 aromatic heterocycles. The van der Waals surface area contributed by atoms with Crippen molar-refractivity contribution in [2.24, 2.45) is 0 Å². The first kappa shape index (κ1) is 26.9. The minimum Gasteiger partial charge on any atom is -0.449 e. The number of hydrogen-bond donors (Lipinski definition) is 2. The van der Waals surface area contributed by atoms with Crippen molar-refractivity contribution in [3.05, 3.63) is 94.5 Å². The lowest BCUT2D eigenvalue weighted by atomic mass is 9.77. The summed E-state index contributed by atoms with van der Waals surface area (Å²) in [7, 11) is -0.851. The second-order valence-corrected chi connectivity index (χ2v) is 10.9. The number of benzene rings is 3. The van der Waals surface area contributed by atoms with Crippen LogP contribution >= 0.6 is 0 Å². The molecule has 1 heterocycles. The summed E-state index contributed by atoms with van der Waals surface area (Å²) in [6, 6.07) is 18.1. The zero-order chi connectivity index (χ0) is 27.9. The van der Waals surface area contributed by atoms with E-state index >= 15 is 0 Å². The first-order chi connectivity index (χ1) is 18.5. The van der Waals surface area contributed by atoms with E-state index < -0.39 is 36.0 Å². The normalized spacial score (nSPS) is 17.6. The minimum atomic E-state index is -1.04. The summed E-state index contributed by atoms with van der Waals surface area (Å²) < 4.78 is 45.6. The minimum absolute atomic E-state index is 0.0219. The summed E-state index contributed by atoms with van der Waals surface area (Å²) in [5, 5.41) is 2.75. The number of nitrogens with two attached hydrogens (primary N) is 1. The van der Waals surface area contributed by atoms with Crippen LogP contribution in [0.2, 0.25) is 0 Å². The van der Waals surface area contributed by atoms with E-state index in [4.69, 9.17) is 19.8 Å². The number of fused-ring (bicyclic) bond motifs is 3. The quantitative estimate of drug-likeness (QED) is 0.296. The molecule has 0 atom stereocenters. The molecular weight excluding hydrogens is 501 g/mol. The fraction of sp³-hybridized carbons (Fsp3) is 0.300. The Morgan fingerprint density at radius 2 is 1.51 bits per heavy atom. The third-order valence-corrected chi connectivity index (χ3v) is 7.80. The highest BCUT2D eigenvalue weighted by atomic mass is 19.2. The van der Waals surface area contributed by atoms with Crippen molar-refractivity contribution in [2.75, 3.05) is 18.9 Å². The number of carbonyl (C=O) groups excluding carboxylic acids is 1. The third-order valence-electron chi connectivity index (χ3n) is 7.80. The van der Waals surface area contributed by atoms with Gasteiger partial charge < -0.3 is 25.1 Å². The molecule has 1 saturated heterocycles. The Labute approximate surface area is 227 Å². The number of ether oxygens (including phenoxy) is 1. The van der Waals surface area contributed by atoms with Gasteiger partial charge in [-0.25, -0.2) is 13.6 Å². The summed E-state index contributed by atoms with van der Waals surface area (Å²) in [5.41, 5.74) is 9.90. The van der Waals surface area contributed by atoms with E-state index in [2.05, 4.69) is 17.4 Å². The van der Waals surface area contributed by atoms with Gasteiger partial charge in [0, 0.05) is 24.2 Å². The van der Waals surface area contributed by atoms with Crippen molar-refractivity contribution in [1.29, 1.82) is 0 Å². The number of nitrogen functional groups attached to an aromatic ring is 1. The van der Waals surface area contributed by atoms with Crippen LogP contribution in [0, 0.1) is 11.6 Å². The second kappa shape index (κ2) is 10.1. The molecule has 0 unspecified atom stereocenters.